The molecule has 3 N–H and O–H groups in total. The Morgan fingerprint density at radius 1 is 1.35 bits per heavy atom. The van der Waals surface area contributed by atoms with Gasteiger partial charge in [-0.25, -0.2) is 0 Å². The Morgan fingerprint density at radius 2 is 2.10 bits per heavy atom. The number of rotatable bonds is 6. The number of nitrogens with zero attached hydrogens (tertiary/aromatic N) is 2. The monoisotopic (exact) mass is 272 g/mol. The van der Waals surface area contributed by atoms with E-state index in [1.165, 1.54) is 10.2 Å². The van der Waals surface area contributed by atoms with Gasteiger partial charge < -0.3 is 11.1 Å². The molecule has 106 valence electrons. The van der Waals surface area contributed by atoms with Gasteiger partial charge in [-0.05, 0) is 24.0 Å². The summed E-state index contributed by atoms with van der Waals surface area (Å²) in [5, 5.41) is 6.88. The first-order chi connectivity index (χ1) is 9.65. The van der Waals surface area contributed by atoms with E-state index in [1.54, 1.807) is 12.3 Å². The molecule has 1 atom stereocenters. The third kappa shape index (κ3) is 4.12. The zero-order chi connectivity index (χ0) is 14.4. The van der Waals surface area contributed by atoms with Gasteiger partial charge in [0.25, 0.3) is 0 Å². The fourth-order valence-corrected chi connectivity index (χ4v) is 2.04. The third-order valence-corrected chi connectivity index (χ3v) is 3.24. The van der Waals surface area contributed by atoms with E-state index in [0.29, 0.717) is 18.3 Å². The molecule has 0 radical (unpaired) electrons. The van der Waals surface area contributed by atoms with Crippen molar-refractivity contribution in [1.82, 2.24) is 15.1 Å². The van der Waals surface area contributed by atoms with Crippen molar-refractivity contribution >= 4 is 11.7 Å². The van der Waals surface area contributed by atoms with E-state index in [9.17, 15) is 4.79 Å². The molecular weight excluding hydrogens is 252 g/mol. The Labute approximate surface area is 118 Å². The Hall–Kier alpha value is -2.30. The summed E-state index contributed by atoms with van der Waals surface area (Å²) in [7, 11) is 0. The van der Waals surface area contributed by atoms with Gasteiger partial charge in [-0.2, -0.15) is 5.10 Å². The van der Waals surface area contributed by atoms with Gasteiger partial charge in [0.2, 0.25) is 5.91 Å². The molecule has 1 aromatic heterocycles. The summed E-state index contributed by atoms with van der Waals surface area (Å²) in [6.07, 6.45) is 2.61. The van der Waals surface area contributed by atoms with Crippen LogP contribution >= 0.6 is 0 Å². The molecule has 5 heteroatoms. The molecule has 20 heavy (non-hydrogen) atoms. The molecule has 0 bridgehead atoms. The predicted octanol–water partition coefficient (Wildman–Crippen LogP) is 1.78. The first-order valence-corrected chi connectivity index (χ1v) is 6.75. The number of aromatic nitrogens is 2. The van der Waals surface area contributed by atoms with E-state index < -0.39 is 0 Å². The minimum atomic E-state index is -0.0478. The van der Waals surface area contributed by atoms with Gasteiger partial charge in [-0.15, -0.1) is 0 Å². The SMILES string of the molecule is CC(CCNC(=O)Cn1ccc(N)n1)c1ccccc1. The zero-order valence-electron chi connectivity index (χ0n) is 11.6. The van der Waals surface area contributed by atoms with Crippen LogP contribution in [-0.4, -0.2) is 22.2 Å². The van der Waals surface area contributed by atoms with Gasteiger partial charge >= 0.3 is 0 Å². The minimum absolute atomic E-state index is 0.0478. The van der Waals surface area contributed by atoms with E-state index in [-0.39, 0.29) is 12.5 Å². The average Bonchev–Trinajstić information content (AvgIpc) is 2.85. The van der Waals surface area contributed by atoms with Crippen LogP contribution in [0.4, 0.5) is 5.82 Å². The Balaban J connectivity index is 1.71. The van der Waals surface area contributed by atoms with Crippen molar-refractivity contribution in [3.05, 3.63) is 48.2 Å². The van der Waals surface area contributed by atoms with E-state index >= 15 is 0 Å². The molecular formula is C15H20N4O. The number of carbonyl (C=O) groups is 1. The lowest BCUT2D eigenvalue weighted by atomic mass is 9.98. The summed E-state index contributed by atoms with van der Waals surface area (Å²) in [6, 6.07) is 12.0. The molecule has 0 spiro atoms. The highest BCUT2D eigenvalue weighted by molar-refractivity contribution is 5.75. The van der Waals surface area contributed by atoms with Crippen molar-refractivity contribution in [3.8, 4) is 0 Å². The van der Waals surface area contributed by atoms with Crippen LogP contribution in [0.5, 0.6) is 0 Å². The predicted molar refractivity (Wildman–Crippen MR) is 79.1 cm³/mol. The summed E-state index contributed by atoms with van der Waals surface area (Å²) in [6.45, 7) is 3.03. The van der Waals surface area contributed by atoms with Crippen LogP contribution in [-0.2, 0) is 11.3 Å². The summed E-state index contributed by atoms with van der Waals surface area (Å²) < 4.78 is 1.53. The van der Waals surface area contributed by atoms with E-state index in [1.807, 2.05) is 18.2 Å². The molecule has 0 saturated heterocycles. The molecule has 2 rings (SSSR count). The quantitative estimate of drug-likeness (QED) is 0.841. The summed E-state index contributed by atoms with van der Waals surface area (Å²) in [5.41, 5.74) is 6.79. The molecule has 0 aliphatic carbocycles. The van der Waals surface area contributed by atoms with Crippen molar-refractivity contribution in [2.24, 2.45) is 0 Å². The van der Waals surface area contributed by atoms with Crippen LogP contribution in [0.15, 0.2) is 42.6 Å². The number of amides is 1. The van der Waals surface area contributed by atoms with Gasteiger partial charge in [-0.1, -0.05) is 37.3 Å². The Bertz CT molecular complexity index is 550. The van der Waals surface area contributed by atoms with Crippen LogP contribution in [0.3, 0.4) is 0 Å². The number of hydrogen-bond donors (Lipinski definition) is 2. The third-order valence-electron chi connectivity index (χ3n) is 3.24. The van der Waals surface area contributed by atoms with Gasteiger partial charge in [0.15, 0.2) is 0 Å². The highest BCUT2D eigenvalue weighted by Gasteiger charge is 2.07. The fraction of sp³-hybridized carbons (Fsp3) is 0.333. The number of carbonyl (C=O) groups excluding carboxylic acids is 1. The topological polar surface area (TPSA) is 72.9 Å². The number of nitrogens with two attached hydrogens (primary N) is 1. The lowest BCUT2D eigenvalue weighted by Gasteiger charge is -2.12. The summed E-state index contributed by atoms with van der Waals surface area (Å²) in [4.78, 5) is 11.7. The molecule has 0 saturated carbocycles. The van der Waals surface area contributed by atoms with Crippen LogP contribution in [0, 0.1) is 0 Å². The van der Waals surface area contributed by atoms with E-state index in [2.05, 4.69) is 29.5 Å². The van der Waals surface area contributed by atoms with Crippen molar-refractivity contribution in [3.63, 3.8) is 0 Å². The molecule has 1 aromatic carbocycles. The lowest BCUT2D eigenvalue weighted by molar-refractivity contribution is -0.121. The summed E-state index contributed by atoms with van der Waals surface area (Å²) >= 11 is 0. The normalized spacial score (nSPS) is 12.1. The van der Waals surface area contributed by atoms with Gasteiger partial charge in [0.1, 0.15) is 12.4 Å². The molecule has 0 aliphatic rings. The van der Waals surface area contributed by atoms with Gasteiger partial charge in [0, 0.05) is 12.7 Å². The second-order valence-corrected chi connectivity index (χ2v) is 4.89. The number of nitrogen functional groups attached to an aromatic ring is 1. The first kappa shape index (κ1) is 14.1. The Kier molecular flexibility index (Phi) is 4.76. The first-order valence-electron chi connectivity index (χ1n) is 6.75. The minimum Gasteiger partial charge on any atom is -0.382 e. The molecule has 2 aromatic rings. The second-order valence-electron chi connectivity index (χ2n) is 4.89. The second kappa shape index (κ2) is 6.75. The maximum absolute atomic E-state index is 11.7. The van der Waals surface area contributed by atoms with Crippen molar-refractivity contribution in [2.75, 3.05) is 12.3 Å². The van der Waals surface area contributed by atoms with Crippen LogP contribution in [0.25, 0.3) is 0 Å². The lowest BCUT2D eigenvalue weighted by Crippen LogP contribution is -2.29. The highest BCUT2D eigenvalue weighted by atomic mass is 16.2. The van der Waals surface area contributed by atoms with E-state index in [0.717, 1.165) is 6.42 Å². The van der Waals surface area contributed by atoms with Crippen LogP contribution < -0.4 is 11.1 Å². The van der Waals surface area contributed by atoms with E-state index in [4.69, 9.17) is 5.73 Å². The number of benzene rings is 1. The summed E-state index contributed by atoms with van der Waals surface area (Å²) in [5.74, 6) is 0.806. The largest absolute Gasteiger partial charge is 0.382 e. The number of nitrogens with one attached hydrogen (secondary N) is 1. The molecule has 0 fully saturated rings. The molecule has 0 aliphatic heterocycles. The van der Waals surface area contributed by atoms with Crippen molar-refractivity contribution < 1.29 is 4.79 Å². The van der Waals surface area contributed by atoms with Crippen molar-refractivity contribution in [1.29, 1.82) is 0 Å². The van der Waals surface area contributed by atoms with Crippen molar-refractivity contribution in [2.45, 2.75) is 25.8 Å². The number of hydrogen-bond acceptors (Lipinski definition) is 3. The highest BCUT2D eigenvalue weighted by Crippen LogP contribution is 2.17. The standard InChI is InChI=1S/C15H20N4O/c1-12(13-5-3-2-4-6-13)7-9-17-15(20)11-19-10-8-14(16)18-19/h2-6,8,10,12H,7,9,11H2,1H3,(H2,16,18)(H,17,20). The number of anilines is 1. The molecule has 1 unspecified atom stereocenters. The average molecular weight is 272 g/mol. The van der Waals surface area contributed by atoms with Gasteiger partial charge in [0.05, 0.1) is 0 Å². The molecule has 5 nitrogen and oxygen atoms in total. The zero-order valence-corrected chi connectivity index (χ0v) is 11.6. The van der Waals surface area contributed by atoms with Crippen LogP contribution in [0.1, 0.15) is 24.8 Å². The maximum Gasteiger partial charge on any atom is 0.241 e. The maximum atomic E-state index is 11.7. The molecule has 1 amide bonds. The van der Waals surface area contributed by atoms with Crippen LogP contribution in [0.2, 0.25) is 0 Å². The Morgan fingerprint density at radius 3 is 2.75 bits per heavy atom. The fourth-order valence-electron chi connectivity index (χ4n) is 2.04. The van der Waals surface area contributed by atoms with Gasteiger partial charge in [-0.3, -0.25) is 9.48 Å². The molecule has 1 heterocycles. The smallest absolute Gasteiger partial charge is 0.241 e.